The molecule has 1 saturated heterocycles. The molecule has 2 saturated carbocycles. The number of hydrogen-bond acceptors (Lipinski definition) is 10. The van der Waals surface area contributed by atoms with Crippen LogP contribution in [0, 0.1) is 11.3 Å². The van der Waals surface area contributed by atoms with Crippen molar-refractivity contribution in [2.75, 3.05) is 6.54 Å². The Balaban J connectivity index is 1.28. The third kappa shape index (κ3) is 10.1. The third-order valence-electron chi connectivity index (χ3n) is 10.9. The van der Waals surface area contributed by atoms with Crippen LogP contribution in [0.3, 0.4) is 0 Å². The minimum Gasteiger partial charge on any atom is -0.472 e. The lowest BCUT2D eigenvalue weighted by Crippen LogP contribution is -2.60. The van der Waals surface area contributed by atoms with Crippen molar-refractivity contribution >= 4 is 56.9 Å². The van der Waals surface area contributed by atoms with E-state index in [4.69, 9.17) is 21.3 Å². The fraction of sp³-hybridized carbons (Fsp3) is 0.575. The predicted molar refractivity (Wildman–Crippen MR) is 212 cm³/mol. The molecule has 1 aromatic carbocycles. The lowest BCUT2D eigenvalue weighted by Gasteiger charge is -2.37. The molecule has 4 aliphatic rings. The number of pyridine rings is 1. The smallest absolute Gasteiger partial charge is 0.289 e. The SMILES string of the molecule is CCC[C@H](NC(=O)[C@@H]1C[C@@H](Oc2ccc(Cl)cn2)CN1C(=O)[C@@H](NC(=O)[C@@H](N=C1NS(=O)(=O)c2ccccc21)C1CCCCC1)C(C)(C)C)C(=O)C(=O)NC1CC1. The zero-order valence-corrected chi connectivity index (χ0v) is 34.3. The fourth-order valence-electron chi connectivity index (χ4n) is 7.68. The maximum absolute atomic E-state index is 14.8. The Morgan fingerprint density at radius 2 is 1.74 bits per heavy atom. The van der Waals surface area contributed by atoms with E-state index in [9.17, 15) is 32.4 Å². The van der Waals surface area contributed by atoms with Crippen LogP contribution >= 0.6 is 11.6 Å². The standard InChI is InChI=1S/C40H52ClN7O8S/c1-5-11-28(33(49)38(52)43-25-17-18-25)44-36(50)29-20-26(56-31-19-16-24(41)21-42-31)22-48(29)39(53)34(40(2,3)4)46-37(51)32(23-12-7-6-8-13-23)45-35-27-14-9-10-15-30(27)57(54,55)47-35/h9-10,14-16,19,21,23,25-26,28-29,32,34H,5-8,11-13,17-18,20,22H2,1-4H3,(H,43,52)(H,44,50)(H,45,47)(H,46,51)/t26-,28+,29+,32+,34-/m1/s1. The van der Waals surface area contributed by atoms with Crippen molar-refractivity contribution in [3.63, 3.8) is 0 Å². The van der Waals surface area contributed by atoms with Crippen LogP contribution in [0.4, 0.5) is 0 Å². The molecule has 2 aliphatic carbocycles. The van der Waals surface area contributed by atoms with E-state index in [1.54, 1.807) is 51.1 Å². The molecule has 5 atom stereocenters. The number of fused-ring (bicyclic) bond motifs is 1. The van der Waals surface area contributed by atoms with Crippen LogP contribution in [0.15, 0.2) is 52.5 Å². The van der Waals surface area contributed by atoms with E-state index in [2.05, 4.69) is 25.7 Å². The highest BCUT2D eigenvalue weighted by molar-refractivity contribution is 7.90. The molecule has 0 spiro atoms. The predicted octanol–water partition coefficient (Wildman–Crippen LogP) is 3.43. The number of sulfonamides is 1. The number of ether oxygens (including phenoxy) is 1. The second kappa shape index (κ2) is 17.5. The number of likely N-dealkylation sites (tertiary alicyclic amines) is 1. The van der Waals surface area contributed by atoms with Gasteiger partial charge >= 0.3 is 0 Å². The zero-order chi connectivity index (χ0) is 41.1. The van der Waals surface area contributed by atoms with Gasteiger partial charge in [-0.15, -0.1) is 0 Å². The summed E-state index contributed by atoms with van der Waals surface area (Å²) in [6, 6.07) is 5.15. The molecule has 4 amide bonds. The Morgan fingerprint density at radius 1 is 1.02 bits per heavy atom. The second-order valence-corrected chi connectivity index (χ2v) is 18.6. The van der Waals surface area contributed by atoms with E-state index in [0.717, 1.165) is 32.1 Å². The van der Waals surface area contributed by atoms with Crippen molar-refractivity contribution in [1.29, 1.82) is 0 Å². The van der Waals surface area contributed by atoms with Crippen LogP contribution in [0.1, 0.15) is 97.5 Å². The number of nitrogens with zero attached hydrogens (tertiary/aromatic N) is 3. The normalized spacial score (nSPS) is 22.8. The Bertz CT molecular complexity index is 1990. The molecule has 4 N–H and O–H groups in total. The van der Waals surface area contributed by atoms with Gasteiger partial charge in [-0.05, 0) is 61.6 Å². The first-order valence-corrected chi connectivity index (χ1v) is 21.7. The number of ketones is 1. The fourth-order valence-corrected chi connectivity index (χ4v) is 9.04. The number of aromatic nitrogens is 1. The van der Waals surface area contributed by atoms with Crippen LogP contribution in [-0.2, 0) is 34.0 Å². The van der Waals surface area contributed by atoms with Gasteiger partial charge in [-0.3, -0.25) is 33.7 Å². The Labute approximate surface area is 338 Å². The maximum Gasteiger partial charge on any atom is 0.289 e. The van der Waals surface area contributed by atoms with Crippen LogP contribution in [-0.4, -0.2) is 96.4 Å². The summed E-state index contributed by atoms with van der Waals surface area (Å²) in [4.78, 5) is 79.9. The zero-order valence-electron chi connectivity index (χ0n) is 32.8. The van der Waals surface area contributed by atoms with Crippen molar-refractivity contribution in [3.05, 3.63) is 53.2 Å². The lowest BCUT2D eigenvalue weighted by molar-refractivity contribution is -0.145. The number of amidine groups is 1. The molecule has 308 valence electrons. The molecule has 6 rings (SSSR count). The number of amides is 4. The Morgan fingerprint density at radius 3 is 2.39 bits per heavy atom. The largest absolute Gasteiger partial charge is 0.472 e. The number of carbonyl (C=O) groups is 5. The lowest BCUT2D eigenvalue weighted by atomic mass is 9.82. The summed E-state index contributed by atoms with van der Waals surface area (Å²) in [5.74, 6) is -3.16. The monoisotopic (exact) mass is 825 g/mol. The van der Waals surface area contributed by atoms with Crippen LogP contribution in [0.25, 0.3) is 0 Å². The molecular formula is C40H52ClN7O8S. The van der Waals surface area contributed by atoms with Crippen molar-refractivity contribution in [1.82, 2.24) is 30.6 Å². The number of hydrogen-bond donors (Lipinski definition) is 4. The number of aliphatic imine (C=N–C) groups is 1. The molecule has 1 aromatic heterocycles. The van der Waals surface area contributed by atoms with Gasteiger partial charge in [-0.1, -0.05) is 77.1 Å². The summed E-state index contributed by atoms with van der Waals surface area (Å²) in [7, 11) is -3.87. The maximum atomic E-state index is 14.8. The summed E-state index contributed by atoms with van der Waals surface area (Å²) < 4.78 is 34.6. The molecule has 57 heavy (non-hydrogen) atoms. The van der Waals surface area contributed by atoms with Crippen molar-refractivity contribution in [2.24, 2.45) is 16.3 Å². The number of rotatable bonds is 14. The summed E-state index contributed by atoms with van der Waals surface area (Å²) in [5, 5.41) is 8.82. The van der Waals surface area contributed by atoms with E-state index >= 15 is 0 Å². The number of nitrogens with one attached hydrogen (secondary N) is 4. The number of carbonyl (C=O) groups excluding carboxylic acids is 5. The van der Waals surface area contributed by atoms with Crippen LogP contribution < -0.4 is 25.4 Å². The topological polar surface area (TPSA) is 205 Å². The number of benzene rings is 1. The minimum atomic E-state index is -3.87. The van der Waals surface area contributed by atoms with Gasteiger partial charge < -0.3 is 25.6 Å². The van der Waals surface area contributed by atoms with Gasteiger partial charge in [-0.2, -0.15) is 0 Å². The molecule has 0 unspecified atom stereocenters. The van der Waals surface area contributed by atoms with E-state index < -0.39 is 75.1 Å². The number of Topliss-reactive ketones (excluding diaryl/α,β-unsaturated/α-hetero) is 1. The van der Waals surface area contributed by atoms with Gasteiger partial charge in [0.25, 0.3) is 15.9 Å². The minimum absolute atomic E-state index is 0.0336. The van der Waals surface area contributed by atoms with Crippen LogP contribution in [0.2, 0.25) is 5.02 Å². The summed E-state index contributed by atoms with van der Waals surface area (Å²) in [6.07, 6.45) is 7.19. The van der Waals surface area contributed by atoms with Gasteiger partial charge in [0.05, 0.1) is 22.5 Å². The molecule has 3 fully saturated rings. The average molecular weight is 826 g/mol. The molecule has 15 nitrogen and oxygen atoms in total. The van der Waals surface area contributed by atoms with Crippen molar-refractivity contribution in [3.8, 4) is 5.88 Å². The molecule has 2 aliphatic heterocycles. The van der Waals surface area contributed by atoms with Gasteiger partial charge in [0.15, 0.2) is 0 Å². The van der Waals surface area contributed by atoms with E-state index in [1.807, 2.05) is 6.92 Å². The highest BCUT2D eigenvalue weighted by Gasteiger charge is 2.47. The van der Waals surface area contributed by atoms with Crippen molar-refractivity contribution in [2.45, 2.75) is 133 Å². The van der Waals surface area contributed by atoms with Gasteiger partial charge in [-0.25, -0.2) is 13.4 Å². The Hall–Kier alpha value is -4.57. The summed E-state index contributed by atoms with van der Waals surface area (Å²) in [6.45, 7) is 7.17. The first-order valence-electron chi connectivity index (χ1n) is 19.8. The third-order valence-corrected chi connectivity index (χ3v) is 12.5. The van der Waals surface area contributed by atoms with Crippen molar-refractivity contribution < 1.29 is 37.1 Å². The average Bonchev–Trinajstić information content (AvgIpc) is 3.83. The van der Waals surface area contributed by atoms with Gasteiger partial charge in [0, 0.05) is 30.3 Å². The van der Waals surface area contributed by atoms with Gasteiger partial charge in [0.1, 0.15) is 30.1 Å². The molecular weight excluding hydrogens is 774 g/mol. The molecule has 0 radical (unpaired) electrons. The first kappa shape index (κ1) is 42.0. The highest BCUT2D eigenvalue weighted by Crippen LogP contribution is 2.32. The molecule has 2 aromatic rings. The second-order valence-electron chi connectivity index (χ2n) is 16.5. The quantitative estimate of drug-likeness (QED) is 0.206. The molecule has 17 heteroatoms. The van der Waals surface area contributed by atoms with E-state index in [1.165, 1.54) is 17.2 Å². The van der Waals surface area contributed by atoms with Gasteiger partial charge in [0.2, 0.25) is 29.4 Å². The number of halogens is 1. The molecule has 0 bridgehead atoms. The molecule has 3 heterocycles. The van der Waals surface area contributed by atoms with Crippen LogP contribution in [0.5, 0.6) is 5.88 Å². The van der Waals surface area contributed by atoms with E-state index in [-0.39, 0.29) is 48.0 Å². The Kier molecular flexibility index (Phi) is 12.9. The summed E-state index contributed by atoms with van der Waals surface area (Å²) >= 11 is 6.03. The first-order chi connectivity index (χ1) is 27.0. The van der Waals surface area contributed by atoms with E-state index in [0.29, 0.717) is 29.8 Å². The summed E-state index contributed by atoms with van der Waals surface area (Å²) in [5.41, 5.74) is -0.510. The highest BCUT2D eigenvalue weighted by atomic mass is 35.5.